The number of piperidine rings is 1. The largest absolute Gasteiger partial charge is 0.337 e. The van der Waals surface area contributed by atoms with Crippen LogP contribution in [0.3, 0.4) is 0 Å². The molecule has 40 heavy (non-hydrogen) atoms. The molecule has 2 heterocycles. The highest BCUT2D eigenvalue weighted by Gasteiger charge is 2.64. The summed E-state index contributed by atoms with van der Waals surface area (Å²) in [5.41, 5.74) is 0.204. The van der Waals surface area contributed by atoms with Crippen molar-refractivity contribution in [2.75, 3.05) is 42.9 Å². The Kier molecular flexibility index (Phi) is 9.04. The molecule has 1 saturated carbocycles. The first-order valence-corrected chi connectivity index (χ1v) is 18.2. The van der Waals surface area contributed by atoms with Crippen molar-refractivity contribution in [2.24, 2.45) is 5.92 Å². The second-order valence-corrected chi connectivity index (χ2v) is 16.0. The molecule has 2 amide bonds. The van der Waals surface area contributed by atoms with Crippen molar-refractivity contribution < 1.29 is 30.9 Å². The Morgan fingerprint density at radius 2 is 1.55 bits per heavy atom. The molecule has 0 radical (unpaired) electrons. The molecule has 224 valence electrons. The number of nitrogens with zero attached hydrogens (tertiary/aromatic N) is 3. The Bertz CT molecular complexity index is 1270. The minimum atomic E-state index is -4.00. The van der Waals surface area contributed by atoms with Crippen molar-refractivity contribution in [3.63, 3.8) is 0 Å². The van der Waals surface area contributed by atoms with Crippen LogP contribution in [0.5, 0.6) is 0 Å². The number of likely N-dealkylation sites (N-methyl/N-ethyl adjacent to an activating group) is 1. The Morgan fingerprint density at radius 3 is 2.08 bits per heavy atom. The molecule has 3 fully saturated rings. The maximum Gasteiger partial charge on any atom is 0.337 e. The molecule has 12 heteroatoms. The zero-order valence-corrected chi connectivity index (χ0v) is 25.9. The van der Waals surface area contributed by atoms with Gasteiger partial charge < -0.3 is 5.32 Å². The number of rotatable bonds is 9. The number of benzene rings is 1. The number of anilines is 1. The monoisotopic (exact) mass is 597 g/mol. The smallest absolute Gasteiger partial charge is 0.335 e. The molecule has 2 atom stereocenters. The zero-order chi connectivity index (χ0) is 29.3. The van der Waals surface area contributed by atoms with Crippen LogP contribution < -0.4 is 9.03 Å². The Balaban J connectivity index is 1.49. The molecule has 0 bridgehead atoms. The summed E-state index contributed by atoms with van der Waals surface area (Å²) >= 11 is 0. The third kappa shape index (κ3) is 5.96. The fourth-order valence-electron chi connectivity index (χ4n) is 7.08. The summed E-state index contributed by atoms with van der Waals surface area (Å²) in [4.78, 5) is 30.2. The molecule has 2 saturated heterocycles. The van der Waals surface area contributed by atoms with E-state index in [9.17, 15) is 26.4 Å². The SMILES string of the molecule is CCCC[N+]1(C)C(=O)[C@H](C2CCCCC2)NC(=O)C12CCN(Cc1ccc(N(S(C)(=O)=O)S(C)(=O)=O)cc1)CC2. The molecule has 1 unspecified atom stereocenters. The van der Waals surface area contributed by atoms with E-state index in [1.807, 2.05) is 7.05 Å². The quantitative estimate of drug-likeness (QED) is 0.435. The lowest BCUT2D eigenvalue weighted by Gasteiger charge is -2.55. The second-order valence-electron chi connectivity index (χ2n) is 12.2. The first-order chi connectivity index (χ1) is 18.7. The van der Waals surface area contributed by atoms with Crippen molar-refractivity contribution in [1.29, 1.82) is 0 Å². The molecule has 4 rings (SSSR count). The third-order valence-electron chi connectivity index (χ3n) is 9.33. The molecule has 1 spiro atoms. The van der Waals surface area contributed by atoms with Crippen LogP contribution in [-0.4, -0.2) is 88.8 Å². The molecule has 3 aliphatic rings. The highest BCUT2D eigenvalue weighted by Crippen LogP contribution is 2.41. The molecule has 1 N–H and O–H groups in total. The van der Waals surface area contributed by atoms with Gasteiger partial charge in [-0.1, -0.05) is 44.7 Å². The van der Waals surface area contributed by atoms with Gasteiger partial charge in [-0.05, 0) is 42.9 Å². The maximum absolute atomic E-state index is 14.1. The van der Waals surface area contributed by atoms with Crippen LogP contribution in [0.15, 0.2) is 24.3 Å². The molecular weight excluding hydrogens is 552 g/mol. The first-order valence-electron chi connectivity index (χ1n) is 14.5. The average molecular weight is 598 g/mol. The molecule has 10 nitrogen and oxygen atoms in total. The van der Waals surface area contributed by atoms with E-state index >= 15 is 0 Å². The van der Waals surface area contributed by atoms with Crippen LogP contribution in [0.4, 0.5) is 5.69 Å². The number of hydrogen-bond donors (Lipinski definition) is 1. The van der Waals surface area contributed by atoms with E-state index < -0.39 is 31.6 Å². The van der Waals surface area contributed by atoms with Gasteiger partial charge in [0.2, 0.25) is 20.0 Å². The molecule has 0 aromatic heterocycles. The number of hydrogen-bond acceptors (Lipinski definition) is 7. The summed E-state index contributed by atoms with van der Waals surface area (Å²) in [6.07, 6.45) is 10.2. The maximum atomic E-state index is 14.1. The van der Waals surface area contributed by atoms with Crippen LogP contribution in [0.1, 0.15) is 70.3 Å². The summed E-state index contributed by atoms with van der Waals surface area (Å²) in [7, 11) is -6.01. The Labute approximate surface area is 239 Å². The number of unbranched alkanes of at least 4 members (excludes halogenated alkanes) is 1. The highest BCUT2D eigenvalue weighted by atomic mass is 32.3. The Morgan fingerprint density at radius 1 is 0.975 bits per heavy atom. The van der Waals surface area contributed by atoms with Crippen molar-refractivity contribution >= 4 is 37.5 Å². The van der Waals surface area contributed by atoms with Gasteiger partial charge >= 0.3 is 5.91 Å². The van der Waals surface area contributed by atoms with Crippen molar-refractivity contribution in [2.45, 2.75) is 82.8 Å². The van der Waals surface area contributed by atoms with Gasteiger partial charge in [0.15, 0.2) is 5.54 Å². The number of quaternary nitrogens is 1. The van der Waals surface area contributed by atoms with Gasteiger partial charge in [0.1, 0.15) is 6.04 Å². The summed E-state index contributed by atoms with van der Waals surface area (Å²) in [5.74, 6) is 0.420. The first kappa shape index (κ1) is 30.9. The van der Waals surface area contributed by atoms with E-state index in [1.54, 1.807) is 12.1 Å². The minimum absolute atomic E-state index is 0.0203. The van der Waals surface area contributed by atoms with E-state index in [1.165, 1.54) is 18.6 Å². The minimum Gasteiger partial charge on any atom is -0.335 e. The van der Waals surface area contributed by atoms with Gasteiger partial charge in [-0.2, -0.15) is 3.71 Å². The average Bonchev–Trinajstić information content (AvgIpc) is 2.89. The molecule has 1 aromatic carbocycles. The summed E-state index contributed by atoms with van der Waals surface area (Å²) in [6.45, 7) is 4.66. The van der Waals surface area contributed by atoms with Crippen molar-refractivity contribution in [1.82, 2.24) is 10.2 Å². The highest BCUT2D eigenvalue weighted by molar-refractivity contribution is 8.09. The normalized spacial score (nSPS) is 26.6. The van der Waals surface area contributed by atoms with Gasteiger partial charge in [-0.25, -0.2) is 26.1 Å². The number of likely N-dealkylation sites (tertiary alicyclic amines) is 1. The molecular formula is C28H45N4O6S2+. The lowest BCUT2D eigenvalue weighted by atomic mass is 9.75. The van der Waals surface area contributed by atoms with Gasteiger partial charge in [-0.15, -0.1) is 0 Å². The number of carbonyl (C=O) groups excluding carboxylic acids is 2. The summed E-state index contributed by atoms with van der Waals surface area (Å²) in [6, 6.07) is 6.07. The second kappa shape index (κ2) is 11.7. The van der Waals surface area contributed by atoms with E-state index in [-0.39, 0.29) is 27.9 Å². The van der Waals surface area contributed by atoms with Gasteiger partial charge in [0.05, 0.1) is 31.8 Å². The van der Waals surface area contributed by atoms with Gasteiger partial charge in [0, 0.05) is 32.5 Å². The van der Waals surface area contributed by atoms with Crippen molar-refractivity contribution in [3.8, 4) is 0 Å². The van der Waals surface area contributed by atoms with Crippen LogP contribution >= 0.6 is 0 Å². The molecule has 1 aliphatic carbocycles. The number of piperazine rings is 1. The van der Waals surface area contributed by atoms with Gasteiger partial charge in [0.25, 0.3) is 5.91 Å². The fraction of sp³-hybridized carbons (Fsp3) is 0.714. The van der Waals surface area contributed by atoms with Gasteiger partial charge in [-0.3, -0.25) is 9.69 Å². The predicted molar refractivity (Wildman–Crippen MR) is 155 cm³/mol. The van der Waals surface area contributed by atoms with Crippen LogP contribution in [-0.2, 0) is 36.2 Å². The van der Waals surface area contributed by atoms with Crippen LogP contribution in [0, 0.1) is 5.92 Å². The summed E-state index contributed by atoms with van der Waals surface area (Å²) < 4.78 is 49.0. The number of sulfonamides is 2. The molecule has 2 aliphatic heterocycles. The lowest BCUT2D eigenvalue weighted by molar-refractivity contribution is -0.883. The van der Waals surface area contributed by atoms with Crippen LogP contribution in [0.2, 0.25) is 0 Å². The number of nitrogens with one attached hydrogen (secondary N) is 1. The number of amides is 2. The van der Waals surface area contributed by atoms with E-state index in [2.05, 4.69) is 17.1 Å². The number of carbonyl (C=O) groups is 2. The summed E-state index contributed by atoms with van der Waals surface area (Å²) in [5, 5.41) is 3.21. The molecule has 1 aromatic rings. The van der Waals surface area contributed by atoms with Crippen LogP contribution in [0.25, 0.3) is 0 Å². The predicted octanol–water partition coefficient (Wildman–Crippen LogP) is 2.60. The standard InChI is InChI=1S/C28H44N4O6S2/c1-5-6-20-32(2)26(33)25(23-10-8-7-9-11-23)29-27(34)28(32)16-18-30(19-17-28)21-22-12-14-24(15-13-22)31(39(3,35)36)40(4,37)38/h12-15,23,25H,5-11,16-21H2,1-4H3/p+1/t25-,32?/m0/s1. The zero-order valence-electron chi connectivity index (χ0n) is 24.3. The fourth-order valence-corrected chi connectivity index (χ4v) is 10.1. The van der Waals surface area contributed by atoms with E-state index in [0.717, 1.165) is 56.6 Å². The topological polar surface area (TPSA) is 121 Å². The van der Waals surface area contributed by atoms with E-state index in [4.69, 9.17) is 0 Å². The van der Waals surface area contributed by atoms with Crippen molar-refractivity contribution in [3.05, 3.63) is 29.8 Å². The van der Waals surface area contributed by atoms with E-state index in [0.29, 0.717) is 42.7 Å². The third-order valence-corrected chi connectivity index (χ3v) is 12.6. The Hall–Kier alpha value is -2.02. The lowest BCUT2D eigenvalue weighted by Crippen LogP contribution is -2.81.